The molecule has 0 radical (unpaired) electrons. The van der Waals surface area contributed by atoms with Crippen LogP contribution in [0, 0.1) is 17.3 Å². The van der Waals surface area contributed by atoms with Crippen molar-refractivity contribution in [3.63, 3.8) is 0 Å². The fourth-order valence-electron chi connectivity index (χ4n) is 7.89. The minimum atomic E-state index is -2.30. The van der Waals surface area contributed by atoms with Crippen molar-refractivity contribution in [2.75, 3.05) is 0 Å². The first-order valence-electron chi connectivity index (χ1n) is 19.0. The summed E-state index contributed by atoms with van der Waals surface area (Å²) in [6.45, 7) is 17.8. The maximum Gasteiger partial charge on any atom is 0.340 e. The predicted octanol–water partition coefficient (Wildman–Crippen LogP) is 5.10. The molecule has 0 amide bonds. The van der Waals surface area contributed by atoms with Crippen LogP contribution in [0.4, 0.5) is 0 Å². The number of benzene rings is 1. The molecule has 0 bridgehead atoms. The van der Waals surface area contributed by atoms with Gasteiger partial charge in [0.15, 0.2) is 6.10 Å². The topological polar surface area (TPSA) is 194 Å². The molecule has 0 spiro atoms. The largest absolute Gasteiger partial charge is 0.459 e. The molecule has 2 aliphatic carbocycles. The number of carbonyl (C=O) groups excluding carboxylic acids is 5. The first-order valence-corrected chi connectivity index (χ1v) is 19.0. The monoisotopic (exact) mass is 793 g/mol. The van der Waals surface area contributed by atoms with Crippen molar-refractivity contribution in [1.82, 2.24) is 4.98 Å². The highest BCUT2D eigenvalue weighted by atomic mass is 16.6. The van der Waals surface area contributed by atoms with Crippen LogP contribution in [0.2, 0.25) is 0 Å². The van der Waals surface area contributed by atoms with Gasteiger partial charge in [0.1, 0.15) is 41.7 Å². The Morgan fingerprint density at radius 2 is 1.44 bits per heavy atom. The van der Waals surface area contributed by atoms with E-state index < -0.39 is 107 Å². The van der Waals surface area contributed by atoms with E-state index in [-0.39, 0.29) is 16.7 Å². The summed E-state index contributed by atoms with van der Waals surface area (Å²) in [5.74, 6) is -6.55. The number of aromatic nitrogens is 1. The summed E-state index contributed by atoms with van der Waals surface area (Å²) in [4.78, 5) is 70.4. The molecule has 1 fully saturated rings. The molecule has 11 atom stereocenters. The Labute approximate surface area is 333 Å². The van der Waals surface area contributed by atoms with Crippen LogP contribution in [0.5, 0.6) is 0 Å². The van der Waals surface area contributed by atoms with Crippen molar-refractivity contribution in [1.29, 1.82) is 0 Å². The smallest absolute Gasteiger partial charge is 0.340 e. The molecule has 57 heavy (non-hydrogen) atoms. The first kappa shape index (κ1) is 44.8. The van der Waals surface area contributed by atoms with Crippen LogP contribution in [0.25, 0.3) is 0 Å². The number of aliphatic hydroxyl groups is 2. The number of esters is 5. The lowest BCUT2D eigenvalue weighted by atomic mass is 9.71. The highest BCUT2D eigenvalue weighted by Crippen LogP contribution is 2.54. The predicted molar refractivity (Wildman–Crippen MR) is 205 cm³/mol. The second-order valence-corrected chi connectivity index (χ2v) is 15.8. The molecular weight excluding hydrogens is 738 g/mol. The summed E-state index contributed by atoms with van der Waals surface area (Å²) in [5.41, 5.74) is -5.22. The minimum absolute atomic E-state index is 0.110. The Balaban J connectivity index is 2.07. The molecule has 14 nitrogen and oxygen atoms in total. The van der Waals surface area contributed by atoms with E-state index in [1.807, 2.05) is 6.92 Å². The molecule has 1 aromatic heterocycles. The van der Waals surface area contributed by atoms with Crippen molar-refractivity contribution in [2.45, 2.75) is 129 Å². The number of hydrogen-bond donors (Lipinski definition) is 2. The summed E-state index contributed by atoms with van der Waals surface area (Å²) in [7, 11) is 0. The number of hydrogen-bond acceptors (Lipinski definition) is 14. The second kappa shape index (κ2) is 18.1. The molecule has 1 saturated carbocycles. The number of nitrogens with zero attached hydrogens (tertiary/aromatic N) is 1. The Morgan fingerprint density at radius 3 is 2.00 bits per heavy atom. The average Bonchev–Trinajstić information content (AvgIpc) is 3.36. The van der Waals surface area contributed by atoms with Gasteiger partial charge in [-0.1, -0.05) is 64.6 Å². The summed E-state index contributed by atoms with van der Waals surface area (Å²) in [6.07, 6.45) is -3.81. The van der Waals surface area contributed by atoms with E-state index in [2.05, 4.69) is 11.6 Å². The molecule has 310 valence electrons. The molecule has 2 aromatic rings. The van der Waals surface area contributed by atoms with Gasteiger partial charge in [-0.05, 0) is 50.1 Å². The van der Waals surface area contributed by atoms with E-state index in [4.69, 9.17) is 28.4 Å². The molecule has 14 heteroatoms. The van der Waals surface area contributed by atoms with Crippen LogP contribution in [0.15, 0.2) is 79.2 Å². The second-order valence-electron chi connectivity index (χ2n) is 15.8. The lowest BCUT2D eigenvalue weighted by Crippen LogP contribution is -2.59. The van der Waals surface area contributed by atoms with Crippen molar-refractivity contribution >= 4 is 29.8 Å². The van der Waals surface area contributed by atoms with Gasteiger partial charge in [0.25, 0.3) is 0 Å². The quantitative estimate of drug-likeness (QED) is 0.183. The Kier molecular flexibility index (Phi) is 14.2. The Morgan fingerprint density at radius 1 is 0.842 bits per heavy atom. The van der Waals surface area contributed by atoms with Gasteiger partial charge in [0, 0.05) is 50.9 Å². The van der Waals surface area contributed by atoms with Gasteiger partial charge < -0.3 is 38.6 Å². The van der Waals surface area contributed by atoms with E-state index in [9.17, 15) is 34.2 Å². The fraction of sp³-hybridized carbons (Fsp3) is 0.535. The number of fused-ring (bicyclic) bond motifs is 1. The van der Waals surface area contributed by atoms with Gasteiger partial charge in [-0.2, -0.15) is 0 Å². The SMILES string of the molecule is C=C1C(OC(C)=O)C2[C@@H](OC(=O)c3ccccc3)[C@](C)(OC(C)=O)C[C@]2(O)[C@@H](OC(C)=O)[C@@H](C)/C=C/C(C)(C)[C@H](OC(=O)c2cccnc2)[C@H](O)[C@H]1OC(C)CC. The molecule has 1 heterocycles. The standard InChI is InChI=1S/C43H55NO13/c1-11-25(3)52-35-26(4)34(53-27(5)45)32-37(55-39(49)30-16-13-12-14-17-30)42(10,57-29(7)47)23-43(32,51)36(54-28(6)46)24(2)19-20-41(8,9)38(33(35)48)56-40(50)31-18-15-21-44-22-31/h12-22,24-25,32-38,48,51H,4,11,23H2,1-3,5-10H3/b20-19+/t24-,25?,32?,33+,34?,35-,36-,37+,38+,42+,43+/m0/s1. The first-order chi connectivity index (χ1) is 26.6. The molecule has 1 aromatic carbocycles. The van der Waals surface area contributed by atoms with Gasteiger partial charge in [-0.15, -0.1) is 0 Å². The third-order valence-corrected chi connectivity index (χ3v) is 10.6. The Bertz CT molecular complexity index is 1810. The molecular formula is C43H55NO13. The third-order valence-electron chi connectivity index (χ3n) is 10.6. The van der Waals surface area contributed by atoms with Crippen LogP contribution >= 0.6 is 0 Å². The lowest BCUT2D eigenvalue weighted by Gasteiger charge is -2.46. The summed E-state index contributed by atoms with van der Waals surface area (Å²) < 4.78 is 36.6. The molecule has 0 saturated heterocycles. The molecule has 2 N–H and O–H groups in total. The van der Waals surface area contributed by atoms with Crippen LogP contribution in [0.1, 0.15) is 95.9 Å². The van der Waals surface area contributed by atoms with Crippen molar-refractivity contribution in [2.24, 2.45) is 17.3 Å². The number of ether oxygens (including phenoxy) is 6. The molecule has 4 rings (SSSR count). The van der Waals surface area contributed by atoms with E-state index in [1.54, 1.807) is 64.1 Å². The van der Waals surface area contributed by atoms with Crippen molar-refractivity contribution in [3.8, 4) is 0 Å². The van der Waals surface area contributed by atoms with Gasteiger partial charge in [-0.25, -0.2) is 9.59 Å². The van der Waals surface area contributed by atoms with Crippen LogP contribution < -0.4 is 0 Å². The Hall–Kier alpha value is -4.92. The van der Waals surface area contributed by atoms with Crippen molar-refractivity contribution < 1.29 is 62.6 Å². The number of rotatable bonds is 10. The number of carbonyl (C=O) groups is 5. The van der Waals surface area contributed by atoms with E-state index >= 15 is 0 Å². The van der Waals surface area contributed by atoms with Gasteiger partial charge >= 0.3 is 29.8 Å². The molecule has 3 unspecified atom stereocenters. The van der Waals surface area contributed by atoms with Crippen LogP contribution in [0.3, 0.4) is 0 Å². The lowest BCUT2D eigenvalue weighted by molar-refractivity contribution is -0.193. The maximum absolute atomic E-state index is 13.9. The van der Waals surface area contributed by atoms with E-state index in [0.29, 0.717) is 6.42 Å². The normalized spacial score (nSPS) is 32.2. The zero-order valence-corrected chi connectivity index (χ0v) is 34.0. The number of aliphatic hydroxyl groups excluding tert-OH is 1. The van der Waals surface area contributed by atoms with E-state index in [1.165, 1.54) is 37.5 Å². The summed E-state index contributed by atoms with van der Waals surface area (Å²) in [5, 5.41) is 25.8. The van der Waals surface area contributed by atoms with Gasteiger partial charge in [-0.3, -0.25) is 19.4 Å². The minimum Gasteiger partial charge on any atom is -0.459 e. The summed E-state index contributed by atoms with van der Waals surface area (Å²) >= 11 is 0. The van der Waals surface area contributed by atoms with E-state index in [0.717, 1.165) is 20.8 Å². The number of pyridine rings is 1. The van der Waals surface area contributed by atoms with Crippen LogP contribution in [-0.2, 0) is 42.8 Å². The highest BCUT2D eigenvalue weighted by molar-refractivity contribution is 5.90. The van der Waals surface area contributed by atoms with Gasteiger partial charge in [0.05, 0.1) is 23.1 Å². The summed E-state index contributed by atoms with van der Waals surface area (Å²) in [6, 6.07) is 11.0. The van der Waals surface area contributed by atoms with Crippen LogP contribution in [-0.4, -0.2) is 99.0 Å². The molecule has 0 aliphatic heterocycles. The van der Waals surface area contributed by atoms with Crippen molar-refractivity contribution in [3.05, 3.63) is 90.3 Å². The van der Waals surface area contributed by atoms with Gasteiger partial charge in [0.2, 0.25) is 0 Å². The molecule has 2 aliphatic rings. The highest BCUT2D eigenvalue weighted by Gasteiger charge is 2.70. The fourth-order valence-corrected chi connectivity index (χ4v) is 7.89. The zero-order chi connectivity index (χ0) is 42.5. The zero-order valence-electron chi connectivity index (χ0n) is 34.0. The maximum atomic E-state index is 13.9. The third kappa shape index (κ3) is 10.2. The average molecular weight is 794 g/mol.